The topological polar surface area (TPSA) is 90.2 Å². The van der Waals surface area contributed by atoms with Crippen molar-refractivity contribution in [2.75, 3.05) is 6.54 Å². The first-order valence-electron chi connectivity index (χ1n) is 6.73. The Morgan fingerprint density at radius 1 is 1.33 bits per heavy atom. The number of nitrogens with one attached hydrogen (secondary N) is 1. The van der Waals surface area contributed by atoms with Crippen LogP contribution in [0.3, 0.4) is 0 Å². The number of imidazole rings is 1. The molecule has 3 heterocycles. The fourth-order valence-electron chi connectivity index (χ4n) is 2.20. The van der Waals surface area contributed by atoms with Crippen molar-refractivity contribution in [2.45, 2.75) is 13.5 Å². The highest BCUT2D eigenvalue weighted by atomic mass is 16.1. The Balaban J connectivity index is 2.13. The number of rotatable bonds is 5. The molecule has 3 aromatic rings. The zero-order valence-corrected chi connectivity index (χ0v) is 11.7. The third-order valence-corrected chi connectivity index (χ3v) is 3.21. The number of carbonyl (C=O) groups excluding carboxylic acids is 1. The van der Waals surface area contributed by atoms with E-state index in [2.05, 4.69) is 15.4 Å². The molecule has 0 aliphatic carbocycles. The summed E-state index contributed by atoms with van der Waals surface area (Å²) in [6.45, 7) is 3.55. The number of primary amides is 1. The van der Waals surface area contributed by atoms with E-state index in [0.717, 1.165) is 17.9 Å². The molecule has 1 amide bonds. The minimum Gasteiger partial charge on any atom is -0.364 e. The van der Waals surface area contributed by atoms with Gasteiger partial charge in [0.05, 0.1) is 5.69 Å². The molecule has 0 atom stereocenters. The predicted molar refractivity (Wildman–Crippen MR) is 78.2 cm³/mol. The molecule has 108 valence electrons. The van der Waals surface area contributed by atoms with Crippen molar-refractivity contribution in [2.24, 2.45) is 5.73 Å². The lowest BCUT2D eigenvalue weighted by Crippen LogP contribution is -2.16. The van der Waals surface area contributed by atoms with Gasteiger partial charge in [-0.2, -0.15) is 5.10 Å². The van der Waals surface area contributed by atoms with E-state index < -0.39 is 5.91 Å². The number of carbonyl (C=O) groups is 1. The second kappa shape index (κ2) is 5.37. The number of nitrogens with two attached hydrogens (primary N) is 1. The van der Waals surface area contributed by atoms with E-state index in [1.165, 1.54) is 0 Å². The molecule has 0 saturated heterocycles. The summed E-state index contributed by atoms with van der Waals surface area (Å²) in [7, 11) is 0. The van der Waals surface area contributed by atoms with Crippen molar-refractivity contribution < 1.29 is 4.79 Å². The number of pyridine rings is 1. The summed E-state index contributed by atoms with van der Waals surface area (Å²) in [5.74, 6) is 0.139. The van der Waals surface area contributed by atoms with E-state index in [4.69, 9.17) is 5.73 Å². The summed E-state index contributed by atoms with van der Waals surface area (Å²) in [5.41, 5.74) is 7.28. The lowest BCUT2D eigenvalue weighted by Gasteiger charge is -2.05. The molecule has 0 spiro atoms. The Morgan fingerprint density at radius 3 is 2.90 bits per heavy atom. The van der Waals surface area contributed by atoms with E-state index in [-0.39, 0.29) is 5.69 Å². The molecular weight excluding hydrogens is 268 g/mol. The lowest BCUT2D eigenvalue weighted by molar-refractivity contribution is 0.0995. The van der Waals surface area contributed by atoms with Gasteiger partial charge in [-0.05, 0) is 24.7 Å². The standard InChI is InChI=1S/C14H16N6O/c1-2-16-9-11-14(17-12-5-3-4-7-19(11)12)20-8-6-10(18-20)13(15)21/h3-8,16H,2,9H2,1H3,(H2,15,21). The van der Waals surface area contributed by atoms with Gasteiger partial charge in [0.1, 0.15) is 11.3 Å². The molecule has 21 heavy (non-hydrogen) atoms. The van der Waals surface area contributed by atoms with Crippen molar-refractivity contribution in [1.29, 1.82) is 0 Å². The summed E-state index contributed by atoms with van der Waals surface area (Å²) in [6.07, 6.45) is 3.65. The molecule has 0 aromatic carbocycles. The van der Waals surface area contributed by atoms with E-state index >= 15 is 0 Å². The molecule has 0 unspecified atom stereocenters. The average molecular weight is 284 g/mol. The second-order valence-corrected chi connectivity index (χ2v) is 4.60. The van der Waals surface area contributed by atoms with E-state index in [9.17, 15) is 4.79 Å². The van der Waals surface area contributed by atoms with Crippen LogP contribution in [-0.4, -0.2) is 31.6 Å². The Hall–Kier alpha value is -2.67. The number of hydrogen-bond acceptors (Lipinski definition) is 4. The number of amides is 1. The normalized spacial score (nSPS) is 11.1. The fourth-order valence-corrected chi connectivity index (χ4v) is 2.20. The number of fused-ring (bicyclic) bond motifs is 1. The second-order valence-electron chi connectivity index (χ2n) is 4.60. The van der Waals surface area contributed by atoms with Crippen LogP contribution in [-0.2, 0) is 6.54 Å². The zero-order valence-electron chi connectivity index (χ0n) is 11.7. The van der Waals surface area contributed by atoms with Crippen LogP contribution < -0.4 is 11.1 Å². The Kier molecular flexibility index (Phi) is 3.41. The molecule has 0 aliphatic rings. The fraction of sp³-hybridized carbons (Fsp3) is 0.214. The molecule has 7 heteroatoms. The first-order valence-corrected chi connectivity index (χ1v) is 6.73. The Labute approximate surface area is 121 Å². The molecule has 0 fully saturated rings. The van der Waals surface area contributed by atoms with Crippen LogP contribution in [0, 0.1) is 0 Å². The van der Waals surface area contributed by atoms with Crippen molar-refractivity contribution in [3.63, 3.8) is 0 Å². The van der Waals surface area contributed by atoms with Gasteiger partial charge in [0.15, 0.2) is 5.82 Å². The third kappa shape index (κ3) is 2.38. The smallest absolute Gasteiger partial charge is 0.269 e. The van der Waals surface area contributed by atoms with Crippen LogP contribution in [0.25, 0.3) is 11.5 Å². The van der Waals surface area contributed by atoms with Gasteiger partial charge < -0.3 is 15.5 Å². The molecule has 0 saturated carbocycles. The highest BCUT2D eigenvalue weighted by molar-refractivity contribution is 5.90. The summed E-state index contributed by atoms with van der Waals surface area (Å²) < 4.78 is 3.59. The van der Waals surface area contributed by atoms with Crippen molar-refractivity contribution in [1.82, 2.24) is 24.5 Å². The minimum atomic E-state index is -0.550. The highest BCUT2D eigenvalue weighted by Crippen LogP contribution is 2.16. The van der Waals surface area contributed by atoms with Gasteiger partial charge in [-0.15, -0.1) is 0 Å². The summed E-state index contributed by atoms with van der Waals surface area (Å²) in [4.78, 5) is 15.8. The van der Waals surface area contributed by atoms with Gasteiger partial charge in [-0.1, -0.05) is 13.0 Å². The highest BCUT2D eigenvalue weighted by Gasteiger charge is 2.15. The van der Waals surface area contributed by atoms with Crippen molar-refractivity contribution in [3.8, 4) is 5.82 Å². The zero-order chi connectivity index (χ0) is 14.8. The number of hydrogen-bond donors (Lipinski definition) is 2. The van der Waals surface area contributed by atoms with Crippen LogP contribution in [0.5, 0.6) is 0 Å². The molecule has 3 N–H and O–H groups in total. The maximum Gasteiger partial charge on any atom is 0.269 e. The van der Waals surface area contributed by atoms with Crippen LogP contribution in [0.1, 0.15) is 23.1 Å². The van der Waals surface area contributed by atoms with Crippen LogP contribution in [0.15, 0.2) is 36.7 Å². The van der Waals surface area contributed by atoms with E-state index in [1.54, 1.807) is 16.9 Å². The van der Waals surface area contributed by atoms with E-state index in [1.807, 2.05) is 35.7 Å². The van der Waals surface area contributed by atoms with Crippen molar-refractivity contribution >= 4 is 11.6 Å². The van der Waals surface area contributed by atoms with Crippen LogP contribution in [0.2, 0.25) is 0 Å². The maximum absolute atomic E-state index is 11.2. The third-order valence-electron chi connectivity index (χ3n) is 3.21. The summed E-state index contributed by atoms with van der Waals surface area (Å²) in [6, 6.07) is 7.40. The van der Waals surface area contributed by atoms with Crippen molar-refractivity contribution in [3.05, 3.63) is 48.0 Å². The molecule has 0 radical (unpaired) electrons. The molecule has 7 nitrogen and oxygen atoms in total. The monoisotopic (exact) mass is 284 g/mol. The summed E-state index contributed by atoms with van der Waals surface area (Å²) in [5, 5.41) is 7.47. The van der Waals surface area contributed by atoms with Gasteiger partial charge in [0, 0.05) is 18.9 Å². The first-order chi connectivity index (χ1) is 10.2. The summed E-state index contributed by atoms with van der Waals surface area (Å²) >= 11 is 0. The van der Waals surface area contributed by atoms with Gasteiger partial charge in [-0.25, -0.2) is 9.67 Å². The van der Waals surface area contributed by atoms with E-state index in [0.29, 0.717) is 12.4 Å². The lowest BCUT2D eigenvalue weighted by atomic mass is 10.4. The minimum absolute atomic E-state index is 0.224. The molecular formula is C14H16N6O. The van der Waals surface area contributed by atoms with Gasteiger partial charge in [0.2, 0.25) is 0 Å². The largest absolute Gasteiger partial charge is 0.364 e. The van der Waals surface area contributed by atoms with Crippen LogP contribution in [0.4, 0.5) is 0 Å². The Morgan fingerprint density at radius 2 is 2.19 bits per heavy atom. The molecule has 0 aliphatic heterocycles. The molecule has 0 bridgehead atoms. The molecule has 3 aromatic heterocycles. The average Bonchev–Trinajstić information content (AvgIpc) is 3.09. The van der Waals surface area contributed by atoms with Gasteiger partial charge >= 0.3 is 0 Å². The quantitative estimate of drug-likeness (QED) is 0.722. The first kappa shape index (κ1) is 13.3. The SMILES string of the molecule is CCNCc1c(-n2ccc(C(N)=O)n2)nc2ccccn12. The molecule has 3 rings (SSSR count). The number of nitrogens with zero attached hydrogens (tertiary/aromatic N) is 4. The maximum atomic E-state index is 11.2. The Bertz CT molecular complexity index is 788. The number of aromatic nitrogens is 4. The van der Waals surface area contributed by atoms with Gasteiger partial charge in [-0.3, -0.25) is 4.79 Å². The predicted octanol–water partition coefficient (Wildman–Crippen LogP) is 0.728. The van der Waals surface area contributed by atoms with Gasteiger partial charge in [0.25, 0.3) is 5.91 Å². The van der Waals surface area contributed by atoms with Crippen LogP contribution >= 0.6 is 0 Å².